The highest BCUT2D eigenvalue weighted by Gasteiger charge is 2.36. The normalized spacial score (nSPS) is 16.0. The zero-order chi connectivity index (χ0) is 19.8. The Morgan fingerprint density at radius 3 is 2.37 bits per heavy atom. The highest BCUT2D eigenvalue weighted by Crippen LogP contribution is 2.32. The van der Waals surface area contributed by atoms with Gasteiger partial charge in [-0.05, 0) is 19.1 Å². The van der Waals surface area contributed by atoms with Crippen LogP contribution in [0.3, 0.4) is 0 Å². The molecule has 0 bridgehead atoms. The van der Waals surface area contributed by atoms with E-state index in [0.717, 1.165) is 17.3 Å². The largest absolute Gasteiger partial charge is 0.417 e. The SMILES string of the molecule is Cc1nn(C)c(Cl)c1CN1CCN(C(=O)c2ccccc2C(F)(F)F)CC1. The fourth-order valence-corrected chi connectivity index (χ4v) is 3.51. The Bertz CT molecular complexity index is 842. The molecular weight excluding hydrogens is 381 g/mol. The number of nitrogens with zero attached hydrogens (tertiary/aromatic N) is 4. The van der Waals surface area contributed by atoms with Gasteiger partial charge in [0.15, 0.2) is 0 Å². The van der Waals surface area contributed by atoms with E-state index in [1.54, 1.807) is 11.7 Å². The maximum atomic E-state index is 13.2. The fraction of sp³-hybridized carbons (Fsp3) is 0.444. The molecule has 1 aromatic heterocycles. The van der Waals surface area contributed by atoms with Crippen LogP contribution in [0, 0.1) is 6.92 Å². The third kappa shape index (κ3) is 4.11. The van der Waals surface area contributed by atoms with E-state index in [1.807, 2.05) is 6.92 Å². The van der Waals surface area contributed by atoms with Crippen molar-refractivity contribution in [2.45, 2.75) is 19.6 Å². The maximum Gasteiger partial charge on any atom is 0.417 e. The summed E-state index contributed by atoms with van der Waals surface area (Å²) < 4.78 is 41.1. The molecule has 1 aromatic carbocycles. The van der Waals surface area contributed by atoms with Gasteiger partial charge in [0.25, 0.3) is 5.91 Å². The molecule has 0 unspecified atom stereocenters. The highest BCUT2D eigenvalue weighted by atomic mass is 35.5. The van der Waals surface area contributed by atoms with Gasteiger partial charge in [-0.25, -0.2) is 0 Å². The summed E-state index contributed by atoms with van der Waals surface area (Å²) in [5.41, 5.74) is 0.585. The second kappa shape index (κ2) is 7.52. The maximum absolute atomic E-state index is 13.2. The molecule has 1 aliphatic rings. The summed E-state index contributed by atoms with van der Waals surface area (Å²) in [5, 5.41) is 4.85. The Kier molecular flexibility index (Phi) is 5.48. The number of carbonyl (C=O) groups excluding carboxylic acids is 1. The van der Waals surface area contributed by atoms with Crippen molar-refractivity contribution in [1.29, 1.82) is 0 Å². The number of rotatable bonds is 3. The molecule has 0 aliphatic carbocycles. The lowest BCUT2D eigenvalue weighted by atomic mass is 10.1. The number of aromatic nitrogens is 2. The molecule has 9 heteroatoms. The van der Waals surface area contributed by atoms with Crippen LogP contribution in [0.5, 0.6) is 0 Å². The first-order chi connectivity index (χ1) is 12.7. The van der Waals surface area contributed by atoms with Gasteiger partial charge in [-0.15, -0.1) is 0 Å². The van der Waals surface area contributed by atoms with Crippen LogP contribution in [0.25, 0.3) is 0 Å². The third-order valence-electron chi connectivity index (χ3n) is 4.77. The molecule has 0 radical (unpaired) electrons. The van der Waals surface area contributed by atoms with Crippen LogP contribution in [0.2, 0.25) is 5.15 Å². The topological polar surface area (TPSA) is 41.4 Å². The van der Waals surface area contributed by atoms with E-state index in [-0.39, 0.29) is 5.56 Å². The summed E-state index contributed by atoms with van der Waals surface area (Å²) in [6, 6.07) is 4.91. The van der Waals surface area contributed by atoms with Gasteiger partial charge < -0.3 is 4.90 Å². The summed E-state index contributed by atoms with van der Waals surface area (Å²) in [7, 11) is 1.77. The minimum atomic E-state index is -4.55. The minimum Gasteiger partial charge on any atom is -0.336 e. The van der Waals surface area contributed by atoms with Crippen molar-refractivity contribution in [1.82, 2.24) is 19.6 Å². The second-order valence-electron chi connectivity index (χ2n) is 6.59. The standard InChI is InChI=1S/C18H20ClF3N4O/c1-12-14(16(19)24(2)23-12)11-25-7-9-26(10-8-25)17(27)13-5-3-4-6-15(13)18(20,21)22/h3-6H,7-11H2,1-2H3. The Morgan fingerprint density at radius 1 is 1.19 bits per heavy atom. The number of carbonyl (C=O) groups is 1. The third-order valence-corrected chi connectivity index (χ3v) is 5.25. The minimum absolute atomic E-state index is 0.301. The summed E-state index contributed by atoms with van der Waals surface area (Å²) in [5.74, 6) is -0.585. The first kappa shape index (κ1) is 19.7. The van der Waals surface area contributed by atoms with Crippen molar-refractivity contribution < 1.29 is 18.0 Å². The Hall–Kier alpha value is -2.06. The van der Waals surface area contributed by atoms with Gasteiger partial charge in [-0.3, -0.25) is 14.4 Å². The smallest absolute Gasteiger partial charge is 0.336 e. The molecule has 2 aromatic rings. The average Bonchev–Trinajstić information content (AvgIpc) is 2.87. The first-order valence-electron chi connectivity index (χ1n) is 8.54. The number of alkyl halides is 3. The van der Waals surface area contributed by atoms with Crippen LogP contribution in [-0.4, -0.2) is 51.7 Å². The Labute approximate surface area is 160 Å². The van der Waals surface area contributed by atoms with Crippen molar-refractivity contribution in [3.8, 4) is 0 Å². The van der Waals surface area contributed by atoms with Crippen molar-refractivity contribution >= 4 is 17.5 Å². The van der Waals surface area contributed by atoms with Crippen LogP contribution in [0.1, 0.15) is 27.2 Å². The van der Waals surface area contributed by atoms with Crippen LogP contribution in [-0.2, 0) is 19.8 Å². The molecule has 1 aliphatic heterocycles. The summed E-state index contributed by atoms with van der Waals surface area (Å²) in [6.07, 6.45) is -4.55. The van der Waals surface area contributed by atoms with E-state index in [0.29, 0.717) is 37.9 Å². The highest BCUT2D eigenvalue weighted by molar-refractivity contribution is 6.30. The van der Waals surface area contributed by atoms with Gasteiger partial charge in [0.1, 0.15) is 5.15 Å². The van der Waals surface area contributed by atoms with Crippen LogP contribution in [0.4, 0.5) is 13.2 Å². The quantitative estimate of drug-likeness (QED) is 0.793. The monoisotopic (exact) mass is 400 g/mol. The number of piperazine rings is 1. The van der Waals surface area contributed by atoms with E-state index in [4.69, 9.17) is 11.6 Å². The molecule has 0 atom stereocenters. The van der Waals surface area contributed by atoms with Crippen LogP contribution in [0.15, 0.2) is 24.3 Å². The Balaban J connectivity index is 1.67. The zero-order valence-electron chi connectivity index (χ0n) is 15.1. The first-order valence-corrected chi connectivity index (χ1v) is 8.92. The molecule has 1 amide bonds. The Morgan fingerprint density at radius 2 is 1.81 bits per heavy atom. The number of aryl methyl sites for hydroxylation is 2. The van der Waals surface area contributed by atoms with Crippen molar-refractivity contribution in [3.05, 3.63) is 51.8 Å². The van der Waals surface area contributed by atoms with Crippen molar-refractivity contribution in [2.75, 3.05) is 26.2 Å². The number of hydrogen-bond acceptors (Lipinski definition) is 3. The molecule has 1 saturated heterocycles. The number of benzene rings is 1. The summed E-state index contributed by atoms with van der Waals surface area (Å²) >= 11 is 6.26. The van der Waals surface area contributed by atoms with Gasteiger partial charge in [-0.2, -0.15) is 18.3 Å². The predicted molar refractivity (Wildman–Crippen MR) is 95.6 cm³/mol. The zero-order valence-corrected chi connectivity index (χ0v) is 15.8. The van der Waals surface area contributed by atoms with Gasteiger partial charge in [0.05, 0.1) is 16.8 Å². The molecular formula is C18H20ClF3N4O. The molecule has 146 valence electrons. The molecule has 5 nitrogen and oxygen atoms in total. The number of amides is 1. The average molecular weight is 401 g/mol. The lowest BCUT2D eigenvalue weighted by Crippen LogP contribution is -2.48. The van der Waals surface area contributed by atoms with Gasteiger partial charge in [-0.1, -0.05) is 23.7 Å². The van der Waals surface area contributed by atoms with E-state index in [2.05, 4.69) is 10.00 Å². The molecule has 1 fully saturated rings. The second-order valence-corrected chi connectivity index (χ2v) is 6.95. The van der Waals surface area contributed by atoms with Gasteiger partial charge >= 0.3 is 6.18 Å². The van der Waals surface area contributed by atoms with E-state index < -0.39 is 17.6 Å². The van der Waals surface area contributed by atoms with Crippen LogP contribution < -0.4 is 0 Å². The van der Waals surface area contributed by atoms with Crippen molar-refractivity contribution in [2.24, 2.45) is 7.05 Å². The number of halogens is 4. The van der Waals surface area contributed by atoms with Crippen LogP contribution >= 0.6 is 11.6 Å². The lowest BCUT2D eigenvalue weighted by Gasteiger charge is -2.35. The van der Waals surface area contributed by atoms with Gasteiger partial charge in [0, 0.05) is 45.3 Å². The molecule has 2 heterocycles. The summed E-state index contributed by atoms with van der Waals surface area (Å²) in [6.45, 7) is 4.33. The lowest BCUT2D eigenvalue weighted by molar-refractivity contribution is -0.138. The van der Waals surface area contributed by atoms with Gasteiger partial charge in [0.2, 0.25) is 0 Å². The predicted octanol–water partition coefficient (Wildman–Crippen LogP) is 3.36. The van der Waals surface area contributed by atoms with E-state index >= 15 is 0 Å². The molecule has 3 rings (SSSR count). The molecule has 0 N–H and O–H groups in total. The fourth-order valence-electron chi connectivity index (χ4n) is 3.27. The van der Waals surface area contributed by atoms with E-state index in [1.165, 1.54) is 23.1 Å². The van der Waals surface area contributed by atoms with E-state index in [9.17, 15) is 18.0 Å². The molecule has 27 heavy (non-hydrogen) atoms. The van der Waals surface area contributed by atoms with Crippen molar-refractivity contribution in [3.63, 3.8) is 0 Å². The molecule has 0 saturated carbocycles. The number of hydrogen-bond donors (Lipinski definition) is 0. The molecule has 0 spiro atoms. The summed E-state index contributed by atoms with van der Waals surface area (Å²) in [4.78, 5) is 16.2.